The van der Waals surface area contributed by atoms with Crippen LogP contribution in [0, 0.1) is 0 Å². The van der Waals surface area contributed by atoms with Gasteiger partial charge in [-0.25, -0.2) is 0 Å². The largest absolute Gasteiger partial charge is 0.508 e. The summed E-state index contributed by atoms with van der Waals surface area (Å²) in [5, 5.41) is 78.8. The first kappa shape index (κ1) is 22.6. The standard InChI is InChI=1S/C21H20O12/c22-6-13-15(26)17(28)19(30)21(33-13)32-11-2-1-7(3-9(11)24)20-18(29)16(27)14-10(25)4-8(23)5-12(14)31-20/h1-5,13,15,17,19,21-26,28-30H,6H2/t13-,15+,17+,19-,21-/m1/s1. The molecule has 8 N–H and O–H groups in total. The minimum atomic E-state index is -1.70. The van der Waals surface area contributed by atoms with Crippen molar-refractivity contribution in [1.29, 1.82) is 0 Å². The number of aromatic hydroxyl groups is 4. The molecule has 2 aromatic carbocycles. The number of benzene rings is 2. The van der Waals surface area contributed by atoms with E-state index >= 15 is 0 Å². The third kappa shape index (κ3) is 3.90. The summed E-state index contributed by atoms with van der Waals surface area (Å²) in [5.74, 6) is -2.97. The molecule has 5 atom stereocenters. The van der Waals surface area contributed by atoms with Crippen molar-refractivity contribution >= 4 is 11.0 Å². The first-order chi connectivity index (χ1) is 15.6. The molecule has 33 heavy (non-hydrogen) atoms. The van der Waals surface area contributed by atoms with Crippen molar-refractivity contribution in [3.05, 3.63) is 40.6 Å². The molecular formula is C21H20O12. The lowest BCUT2D eigenvalue weighted by molar-refractivity contribution is -0.277. The fraction of sp³-hybridized carbons (Fsp3) is 0.286. The summed E-state index contributed by atoms with van der Waals surface area (Å²) in [7, 11) is 0. The summed E-state index contributed by atoms with van der Waals surface area (Å²) >= 11 is 0. The van der Waals surface area contributed by atoms with Gasteiger partial charge in [-0.05, 0) is 18.2 Å². The molecule has 3 aromatic rings. The van der Waals surface area contributed by atoms with Crippen LogP contribution in [0.15, 0.2) is 39.5 Å². The van der Waals surface area contributed by atoms with Crippen molar-refractivity contribution in [1.82, 2.24) is 0 Å². The van der Waals surface area contributed by atoms with Gasteiger partial charge in [0.05, 0.1) is 6.61 Å². The smallest absolute Gasteiger partial charge is 0.238 e. The zero-order chi connectivity index (χ0) is 24.0. The van der Waals surface area contributed by atoms with Gasteiger partial charge in [0.25, 0.3) is 0 Å². The van der Waals surface area contributed by atoms with Crippen LogP contribution < -0.4 is 10.2 Å². The minimum Gasteiger partial charge on any atom is -0.508 e. The summed E-state index contributed by atoms with van der Waals surface area (Å²) in [6, 6.07) is 5.51. The molecule has 0 bridgehead atoms. The third-order valence-corrected chi connectivity index (χ3v) is 5.25. The van der Waals surface area contributed by atoms with E-state index in [0.29, 0.717) is 0 Å². The third-order valence-electron chi connectivity index (χ3n) is 5.25. The molecule has 176 valence electrons. The van der Waals surface area contributed by atoms with E-state index in [4.69, 9.17) is 13.9 Å². The Labute approximate surface area is 184 Å². The number of fused-ring (bicyclic) bond motifs is 1. The molecule has 2 heterocycles. The number of phenolic OH excluding ortho intramolecular Hbond substituents is 3. The van der Waals surface area contributed by atoms with Crippen LogP contribution in [0.1, 0.15) is 0 Å². The van der Waals surface area contributed by atoms with E-state index in [0.717, 1.165) is 18.2 Å². The van der Waals surface area contributed by atoms with E-state index in [9.17, 15) is 45.6 Å². The Morgan fingerprint density at radius 2 is 1.64 bits per heavy atom. The van der Waals surface area contributed by atoms with Gasteiger partial charge in [-0.2, -0.15) is 0 Å². The van der Waals surface area contributed by atoms with Gasteiger partial charge in [0.15, 0.2) is 17.3 Å². The maximum atomic E-state index is 12.5. The van der Waals surface area contributed by atoms with Gasteiger partial charge in [-0.3, -0.25) is 4.79 Å². The number of phenols is 3. The quantitative estimate of drug-likeness (QED) is 0.245. The summed E-state index contributed by atoms with van der Waals surface area (Å²) in [6.45, 7) is -0.666. The molecule has 0 aliphatic carbocycles. The van der Waals surface area contributed by atoms with E-state index in [1.807, 2.05) is 0 Å². The van der Waals surface area contributed by atoms with Gasteiger partial charge in [0, 0.05) is 17.7 Å². The van der Waals surface area contributed by atoms with Crippen molar-refractivity contribution in [2.45, 2.75) is 30.7 Å². The molecule has 0 radical (unpaired) electrons. The Hall–Kier alpha value is -3.55. The van der Waals surface area contributed by atoms with Crippen molar-refractivity contribution in [2.75, 3.05) is 6.61 Å². The fourth-order valence-electron chi connectivity index (χ4n) is 3.52. The molecular weight excluding hydrogens is 444 g/mol. The molecule has 4 rings (SSSR count). The lowest BCUT2D eigenvalue weighted by atomic mass is 9.99. The Kier molecular flexibility index (Phi) is 5.78. The molecule has 0 spiro atoms. The van der Waals surface area contributed by atoms with Gasteiger partial charge in [-0.1, -0.05) is 0 Å². The van der Waals surface area contributed by atoms with Crippen molar-refractivity contribution in [2.24, 2.45) is 0 Å². The zero-order valence-corrected chi connectivity index (χ0v) is 16.7. The SMILES string of the molecule is O=c1c(O)c(-c2ccc(O[C@@H]3O[C@H](CO)[C@H](O)[C@H](O)[C@H]3O)c(O)c2)oc2cc(O)cc(O)c12. The highest BCUT2D eigenvalue weighted by Crippen LogP contribution is 2.39. The highest BCUT2D eigenvalue weighted by atomic mass is 16.7. The zero-order valence-electron chi connectivity index (χ0n) is 16.7. The predicted molar refractivity (Wildman–Crippen MR) is 109 cm³/mol. The second-order valence-electron chi connectivity index (χ2n) is 7.44. The van der Waals surface area contributed by atoms with E-state index in [1.165, 1.54) is 12.1 Å². The number of ether oxygens (including phenoxy) is 2. The van der Waals surface area contributed by atoms with Crippen molar-refractivity contribution in [3.63, 3.8) is 0 Å². The number of hydrogen-bond acceptors (Lipinski definition) is 12. The van der Waals surface area contributed by atoms with Gasteiger partial charge in [0.1, 0.15) is 46.9 Å². The second kappa shape index (κ2) is 8.42. The predicted octanol–water partition coefficient (Wildman–Crippen LogP) is -0.539. The lowest BCUT2D eigenvalue weighted by Gasteiger charge is -2.39. The van der Waals surface area contributed by atoms with Crippen LogP contribution in [0.5, 0.6) is 28.7 Å². The van der Waals surface area contributed by atoms with E-state index in [-0.39, 0.29) is 33.8 Å². The highest BCUT2D eigenvalue weighted by molar-refractivity contribution is 5.88. The number of hydrogen-bond donors (Lipinski definition) is 8. The maximum Gasteiger partial charge on any atom is 0.238 e. The Balaban J connectivity index is 1.68. The molecule has 12 nitrogen and oxygen atoms in total. The van der Waals surface area contributed by atoms with Crippen LogP contribution in [-0.2, 0) is 4.74 Å². The average Bonchev–Trinajstić information content (AvgIpc) is 2.77. The molecule has 1 aliphatic rings. The second-order valence-corrected chi connectivity index (χ2v) is 7.44. The number of aliphatic hydroxyl groups is 4. The fourth-order valence-corrected chi connectivity index (χ4v) is 3.52. The van der Waals surface area contributed by atoms with Gasteiger partial charge < -0.3 is 54.7 Å². The van der Waals surface area contributed by atoms with E-state index in [1.54, 1.807) is 0 Å². The topological polar surface area (TPSA) is 211 Å². The maximum absolute atomic E-state index is 12.5. The summed E-state index contributed by atoms with van der Waals surface area (Å²) in [5.41, 5.74) is -1.16. The summed E-state index contributed by atoms with van der Waals surface area (Å²) in [6.07, 6.45) is -7.73. The average molecular weight is 464 g/mol. The van der Waals surface area contributed by atoms with E-state index in [2.05, 4.69) is 0 Å². The number of aliphatic hydroxyl groups excluding tert-OH is 4. The van der Waals surface area contributed by atoms with Gasteiger partial charge >= 0.3 is 0 Å². The van der Waals surface area contributed by atoms with Crippen LogP contribution in [-0.4, -0.2) is 78.2 Å². The van der Waals surface area contributed by atoms with Gasteiger partial charge in [-0.15, -0.1) is 0 Å². The summed E-state index contributed by atoms with van der Waals surface area (Å²) < 4.78 is 16.1. The normalized spacial score (nSPS) is 25.3. The Bertz CT molecular complexity index is 1250. The molecule has 12 heteroatoms. The first-order valence-electron chi connectivity index (χ1n) is 9.64. The van der Waals surface area contributed by atoms with Crippen LogP contribution in [0.3, 0.4) is 0 Å². The molecule has 0 saturated carbocycles. The van der Waals surface area contributed by atoms with Crippen LogP contribution >= 0.6 is 0 Å². The monoisotopic (exact) mass is 464 g/mol. The number of rotatable bonds is 4. The Morgan fingerprint density at radius 3 is 2.30 bits per heavy atom. The van der Waals surface area contributed by atoms with Gasteiger partial charge in [0.2, 0.25) is 17.5 Å². The molecule has 1 saturated heterocycles. The van der Waals surface area contributed by atoms with Crippen molar-refractivity contribution < 1.29 is 54.7 Å². The summed E-state index contributed by atoms with van der Waals surface area (Å²) in [4.78, 5) is 12.5. The Morgan fingerprint density at radius 1 is 0.909 bits per heavy atom. The molecule has 0 amide bonds. The van der Waals surface area contributed by atoms with E-state index < -0.39 is 60.0 Å². The molecule has 1 fully saturated rings. The van der Waals surface area contributed by atoms with Crippen LogP contribution in [0.25, 0.3) is 22.3 Å². The molecule has 0 unspecified atom stereocenters. The highest BCUT2D eigenvalue weighted by Gasteiger charge is 2.45. The van der Waals surface area contributed by atoms with Crippen LogP contribution in [0.2, 0.25) is 0 Å². The molecule has 1 aliphatic heterocycles. The van der Waals surface area contributed by atoms with Crippen LogP contribution in [0.4, 0.5) is 0 Å². The molecule has 1 aromatic heterocycles. The minimum absolute atomic E-state index is 0.0213. The van der Waals surface area contributed by atoms with Crippen molar-refractivity contribution in [3.8, 4) is 40.1 Å². The lowest BCUT2D eigenvalue weighted by Crippen LogP contribution is -2.60. The first-order valence-corrected chi connectivity index (χ1v) is 9.64.